The number of carbonyl (C=O) groups is 1. The lowest BCUT2D eigenvalue weighted by atomic mass is 9.89. The van der Waals surface area contributed by atoms with Crippen LogP contribution >= 0.6 is 0 Å². The van der Waals surface area contributed by atoms with Crippen LogP contribution in [0.2, 0.25) is 0 Å². The summed E-state index contributed by atoms with van der Waals surface area (Å²) in [6.07, 6.45) is 0.976. The molecule has 0 bridgehead atoms. The fourth-order valence-corrected chi connectivity index (χ4v) is 1.66. The molecule has 1 aliphatic heterocycles. The SMILES string of the molecule is CC(C)[C@@H]1CC(C)(C)NC1=O. The minimum absolute atomic E-state index is 0.0199. The third-order valence-electron chi connectivity index (χ3n) is 2.33. The first-order chi connectivity index (χ1) is 4.92. The molecule has 0 spiro atoms. The monoisotopic (exact) mass is 155 g/mol. The van der Waals surface area contributed by atoms with Crippen molar-refractivity contribution in [1.29, 1.82) is 0 Å². The molecule has 0 unspecified atom stereocenters. The molecule has 1 saturated heterocycles. The van der Waals surface area contributed by atoms with E-state index in [0.29, 0.717) is 5.92 Å². The van der Waals surface area contributed by atoms with E-state index < -0.39 is 0 Å². The van der Waals surface area contributed by atoms with Gasteiger partial charge in [0.05, 0.1) is 0 Å². The van der Waals surface area contributed by atoms with Gasteiger partial charge in [0.25, 0.3) is 0 Å². The lowest BCUT2D eigenvalue weighted by molar-refractivity contribution is -0.123. The Balaban J connectivity index is 2.67. The first-order valence-corrected chi connectivity index (χ1v) is 4.24. The Bertz CT molecular complexity index is 172. The normalized spacial score (nSPS) is 29.2. The van der Waals surface area contributed by atoms with Crippen LogP contribution in [-0.2, 0) is 4.79 Å². The number of nitrogens with one attached hydrogen (secondary N) is 1. The van der Waals surface area contributed by atoms with Crippen molar-refractivity contribution in [3.05, 3.63) is 0 Å². The fourth-order valence-electron chi connectivity index (χ4n) is 1.66. The summed E-state index contributed by atoms with van der Waals surface area (Å²) in [7, 11) is 0. The van der Waals surface area contributed by atoms with E-state index in [1.807, 2.05) is 0 Å². The van der Waals surface area contributed by atoms with Gasteiger partial charge in [-0.1, -0.05) is 13.8 Å². The molecule has 0 aromatic rings. The molecule has 1 heterocycles. The van der Waals surface area contributed by atoms with E-state index in [4.69, 9.17) is 0 Å². The standard InChI is InChI=1S/C9H17NO/c1-6(2)7-5-9(3,4)10-8(7)11/h6-7H,5H2,1-4H3,(H,10,11)/t7-/m0/s1. The highest BCUT2D eigenvalue weighted by Crippen LogP contribution is 2.29. The third-order valence-corrected chi connectivity index (χ3v) is 2.33. The largest absolute Gasteiger partial charge is 0.351 e. The zero-order valence-corrected chi connectivity index (χ0v) is 7.77. The van der Waals surface area contributed by atoms with Crippen LogP contribution < -0.4 is 5.32 Å². The molecule has 1 rings (SSSR count). The smallest absolute Gasteiger partial charge is 0.223 e. The molecular formula is C9H17NO. The molecule has 2 nitrogen and oxygen atoms in total. The van der Waals surface area contributed by atoms with Gasteiger partial charge in [-0.05, 0) is 26.2 Å². The van der Waals surface area contributed by atoms with Crippen molar-refractivity contribution < 1.29 is 4.79 Å². The summed E-state index contributed by atoms with van der Waals surface area (Å²) in [6, 6.07) is 0. The molecular weight excluding hydrogens is 138 g/mol. The molecule has 11 heavy (non-hydrogen) atoms. The molecule has 1 fully saturated rings. The van der Waals surface area contributed by atoms with Crippen LogP contribution in [-0.4, -0.2) is 11.4 Å². The lowest BCUT2D eigenvalue weighted by Crippen LogP contribution is -2.34. The Kier molecular flexibility index (Phi) is 1.95. The molecule has 0 radical (unpaired) electrons. The molecule has 0 aliphatic carbocycles. The van der Waals surface area contributed by atoms with Crippen LogP contribution in [0.3, 0.4) is 0 Å². The predicted molar refractivity (Wildman–Crippen MR) is 45.2 cm³/mol. The van der Waals surface area contributed by atoms with E-state index in [1.165, 1.54) is 0 Å². The first-order valence-electron chi connectivity index (χ1n) is 4.24. The van der Waals surface area contributed by atoms with Gasteiger partial charge in [-0.15, -0.1) is 0 Å². The molecule has 1 amide bonds. The zero-order valence-electron chi connectivity index (χ0n) is 7.77. The van der Waals surface area contributed by atoms with Gasteiger partial charge in [0, 0.05) is 11.5 Å². The van der Waals surface area contributed by atoms with Crippen molar-refractivity contribution in [1.82, 2.24) is 5.32 Å². The van der Waals surface area contributed by atoms with Gasteiger partial charge < -0.3 is 5.32 Å². The van der Waals surface area contributed by atoms with Gasteiger partial charge in [0.15, 0.2) is 0 Å². The maximum absolute atomic E-state index is 11.3. The Labute approximate surface area is 68.4 Å². The van der Waals surface area contributed by atoms with Gasteiger partial charge in [0.2, 0.25) is 5.91 Å². The second kappa shape index (κ2) is 2.50. The predicted octanol–water partition coefficient (Wildman–Crippen LogP) is 1.56. The number of amides is 1. The van der Waals surface area contributed by atoms with Gasteiger partial charge in [-0.3, -0.25) is 4.79 Å². The maximum atomic E-state index is 11.3. The first kappa shape index (κ1) is 8.57. The number of rotatable bonds is 1. The maximum Gasteiger partial charge on any atom is 0.223 e. The van der Waals surface area contributed by atoms with Crippen LogP contribution in [0.25, 0.3) is 0 Å². The minimum atomic E-state index is 0.0199. The average Bonchev–Trinajstić information content (AvgIpc) is 2.05. The summed E-state index contributed by atoms with van der Waals surface area (Å²) in [5.41, 5.74) is 0.0199. The Morgan fingerprint density at radius 3 is 2.27 bits per heavy atom. The van der Waals surface area contributed by atoms with E-state index in [-0.39, 0.29) is 17.4 Å². The van der Waals surface area contributed by atoms with Crippen molar-refractivity contribution in [2.24, 2.45) is 11.8 Å². The average molecular weight is 155 g/mol. The molecule has 1 aliphatic rings. The Morgan fingerprint density at radius 2 is 2.09 bits per heavy atom. The van der Waals surface area contributed by atoms with Crippen molar-refractivity contribution in [3.63, 3.8) is 0 Å². The van der Waals surface area contributed by atoms with E-state index in [1.54, 1.807) is 0 Å². The summed E-state index contributed by atoms with van der Waals surface area (Å²) in [6.45, 7) is 8.36. The van der Waals surface area contributed by atoms with Crippen LogP contribution in [0, 0.1) is 11.8 Å². The van der Waals surface area contributed by atoms with E-state index in [9.17, 15) is 4.79 Å². The van der Waals surface area contributed by atoms with Crippen molar-refractivity contribution in [2.75, 3.05) is 0 Å². The lowest BCUT2D eigenvalue weighted by Gasteiger charge is -2.17. The molecule has 0 saturated carbocycles. The zero-order chi connectivity index (χ0) is 8.65. The molecule has 64 valence electrons. The number of carbonyl (C=O) groups excluding carboxylic acids is 1. The van der Waals surface area contributed by atoms with Gasteiger partial charge in [-0.25, -0.2) is 0 Å². The van der Waals surface area contributed by atoms with Gasteiger partial charge in [0.1, 0.15) is 0 Å². The van der Waals surface area contributed by atoms with E-state index in [0.717, 1.165) is 6.42 Å². The minimum Gasteiger partial charge on any atom is -0.351 e. The molecule has 2 heteroatoms. The highest BCUT2D eigenvalue weighted by molar-refractivity contribution is 5.82. The van der Waals surface area contributed by atoms with Crippen LogP contribution in [0.15, 0.2) is 0 Å². The molecule has 0 aromatic carbocycles. The highest BCUT2D eigenvalue weighted by atomic mass is 16.2. The second-order valence-electron chi connectivity index (χ2n) is 4.43. The number of hydrogen-bond acceptors (Lipinski definition) is 1. The summed E-state index contributed by atoms with van der Waals surface area (Å²) >= 11 is 0. The summed E-state index contributed by atoms with van der Waals surface area (Å²) in [5, 5.41) is 2.99. The summed E-state index contributed by atoms with van der Waals surface area (Å²) in [4.78, 5) is 11.3. The Morgan fingerprint density at radius 1 is 1.55 bits per heavy atom. The highest BCUT2D eigenvalue weighted by Gasteiger charge is 2.38. The van der Waals surface area contributed by atoms with Gasteiger partial charge >= 0.3 is 0 Å². The molecule has 0 aromatic heterocycles. The molecule has 1 N–H and O–H groups in total. The van der Waals surface area contributed by atoms with Crippen LogP contribution in [0.5, 0.6) is 0 Å². The topological polar surface area (TPSA) is 29.1 Å². The second-order valence-corrected chi connectivity index (χ2v) is 4.43. The number of hydrogen-bond donors (Lipinski definition) is 1. The Hall–Kier alpha value is -0.530. The van der Waals surface area contributed by atoms with Gasteiger partial charge in [-0.2, -0.15) is 0 Å². The fraction of sp³-hybridized carbons (Fsp3) is 0.889. The quantitative estimate of drug-likeness (QED) is 0.611. The van der Waals surface area contributed by atoms with Crippen molar-refractivity contribution in [2.45, 2.75) is 39.7 Å². The van der Waals surface area contributed by atoms with E-state index >= 15 is 0 Å². The van der Waals surface area contributed by atoms with Crippen LogP contribution in [0.1, 0.15) is 34.1 Å². The third kappa shape index (κ3) is 1.73. The van der Waals surface area contributed by atoms with Crippen molar-refractivity contribution >= 4 is 5.91 Å². The summed E-state index contributed by atoms with van der Waals surface area (Å²) in [5.74, 6) is 0.923. The summed E-state index contributed by atoms with van der Waals surface area (Å²) < 4.78 is 0. The van der Waals surface area contributed by atoms with Crippen molar-refractivity contribution in [3.8, 4) is 0 Å². The van der Waals surface area contributed by atoms with Crippen LogP contribution in [0.4, 0.5) is 0 Å². The molecule has 1 atom stereocenters. The van der Waals surface area contributed by atoms with E-state index in [2.05, 4.69) is 33.0 Å².